The van der Waals surface area contributed by atoms with Crippen molar-refractivity contribution in [3.05, 3.63) is 59.3 Å². The van der Waals surface area contributed by atoms with Crippen LogP contribution < -0.4 is 5.73 Å². The number of halogens is 1. The molecule has 0 radical (unpaired) electrons. The maximum Gasteiger partial charge on any atom is 0.123 e. The van der Waals surface area contributed by atoms with Crippen LogP contribution in [0.1, 0.15) is 29.9 Å². The lowest BCUT2D eigenvalue weighted by Gasteiger charge is -2.18. The highest BCUT2D eigenvalue weighted by molar-refractivity contribution is 5.71. The monoisotopic (exact) mass is 283 g/mol. The fourth-order valence-corrected chi connectivity index (χ4v) is 2.79. The van der Waals surface area contributed by atoms with E-state index in [1.54, 1.807) is 6.07 Å². The van der Waals surface area contributed by atoms with Crippen molar-refractivity contribution in [3.8, 4) is 11.3 Å². The van der Waals surface area contributed by atoms with Crippen LogP contribution in [-0.2, 0) is 0 Å². The fraction of sp³-hybridized carbons (Fsp3) is 0.235. The molecular formula is C17H18FN3. The normalized spacial score (nSPS) is 12.8. The quantitative estimate of drug-likeness (QED) is 0.778. The van der Waals surface area contributed by atoms with Gasteiger partial charge in [-0.2, -0.15) is 0 Å². The van der Waals surface area contributed by atoms with Crippen LogP contribution in [0.5, 0.6) is 0 Å². The van der Waals surface area contributed by atoms with E-state index in [4.69, 9.17) is 5.73 Å². The molecule has 1 aromatic carbocycles. The molecule has 3 aromatic rings. The van der Waals surface area contributed by atoms with Crippen molar-refractivity contribution in [3.63, 3.8) is 0 Å². The third kappa shape index (κ3) is 2.21. The number of aryl methyl sites for hydroxylation is 2. The number of hydrogen-bond acceptors (Lipinski definition) is 2. The van der Waals surface area contributed by atoms with Crippen molar-refractivity contribution in [1.82, 2.24) is 9.38 Å². The minimum Gasteiger partial charge on any atom is -0.324 e. The minimum atomic E-state index is -0.255. The SMILES string of the molecule is Cc1cc(C(C)N)c(-c2cccc(F)c2)n2c(C)ncc12. The Morgan fingerprint density at radius 2 is 2.00 bits per heavy atom. The van der Waals surface area contributed by atoms with Crippen molar-refractivity contribution in [1.29, 1.82) is 0 Å². The van der Waals surface area contributed by atoms with Crippen LogP contribution in [0.3, 0.4) is 0 Å². The number of pyridine rings is 1. The lowest BCUT2D eigenvalue weighted by molar-refractivity contribution is 0.628. The van der Waals surface area contributed by atoms with Crippen molar-refractivity contribution in [2.75, 3.05) is 0 Å². The molecule has 21 heavy (non-hydrogen) atoms. The second kappa shape index (κ2) is 4.97. The van der Waals surface area contributed by atoms with Gasteiger partial charge in [0, 0.05) is 11.6 Å². The topological polar surface area (TPSA) is 43.3 Å². The highest BCUT2D eigenvalue weighted by Gasteiger charge is 2.17. The first kappa shape index (κ1) is 13.8. The Morgan fingerprint density at radius 3 is 2.67 bits per heavy atom. The number of aromatic nitrogens is 2. The maximum atomic E-state index is 13.6. The Kier molecular flexibility index (Phi) is 3.26. The summed E-state index contributed by atoms with van der Waals surface area (Å²) in [4.78, 5) is 4.39. The van der Waals surface area contributed by atoms with Gasteiger partial charge in [-0.25, -0.2) is 9.37 Å². The lowest BCUT2D eigenvalue weighted by atomic mass is 9.98. The molecule has 3 rings (SSSR count). The number of benzene rings is 1. The van der Waals surface area contributed by atoms with Crippen LogP contribution in [-0.4, -0.2) is 9.38 Å². The maximum absolute atomic E-state index is 13.6. The van der Waals surface area contributed by atoms with Gasteiger partial charge in [0.15, 0.2) is 0 Å². The van der Waals surface area contributed by atoms with E-state index in [-0.39, 0.29) is 11.9 Å². The van der Waals surface area contributed by atoms with Crippen LogP contribution in [0, 0.1) is 19.7 Å². The Bertz CT molecular complexity index is 818. The Balaban J connectivity index is 2.46. The van der Waals surface area contributed by atoms with Crippen LogP contribution in [0.4, 0.5) is 4.39 Å². The van der Waals surface area contributed by atoms with Gasteiger partial charge in [-0.1, -0.05) is 18.2 Å². The van der Waals surface area contributed by atoms with Gasteiger partial charge in [-0.15, -0.1) is 0 Å². The van der Waals surface area contributed by atoms with Gasteiger partial charge in [-0.05, 0) is 44.0 Å². The van der Waals surface area contributed by atoms with Gasteiger partial charge in [0.2, 0.25) is 0 Å². The minimum absolute atomic E-state index is 0.145. The highest BCUT2D eigenvalue weighted by atomic mass is 19.1. The molecule has 2 N–H and O–H groups in total. The predicted octanol–water partition coefficient (Wildman–Crippen LogP) is 3.78. The van der Waals surface area contributed by atoms with E-state index in [1.165, 1.54) is 12.1 Å². The van der Waals surface area contributed by atoms with E-state index in [0.29, 0.717) is 0 Å². The molecule has 0 fully saturated rings. The summed E-state index contributed by atoms with van der Waals surface area (Å²) in [6.45, 7) is 5.92. The third-order valence-corrected chi connectivity index (χ3v) is 3.80. The molecule has 0 bridgehead atoms. The summed E-state index contributed by atoms with van der Waals surface area (Å²) in [7, 11) is 0. The van der Waals surface area contributed by atoms with E-state index >= 15 is 0 Å². The second-order valence-corrected chi connectivity index (χ2v) is 5.46. The summed E-state index contributed by atoms with van der Waals surface area (Å²) >= 11 is 0. The van der Waals surface area contributed by atoms with Crippen LogP contribution in [0.2, 0.25) is 0 Å². The molecule has 0 amide bonds. The van der Waals surface area contributed by atoms with Gasteiger partial charge >= 0.3 is 0 Å². The van der Waals surface area contributed by atoms with E-state index in [9.17, 15) is 4.39 Å². The number of nitrogens with zero attached hydrogens (tertiary/aromatic N) is 2. The average Bonchev–Trinajstić information content (AvgIpc) is 2.81. The first-order chi connectivity index (χ1) is 9.99. The summed E-state index contributed by atoms with van der Waals surface area (Å²) in [6.07, 6.45) is 1.85. The van der Waals surface area contributed by atoms with Crippen molar-refractivity contribution in [2.24, 2.45) is 5.73 Å². The summed E-state index contributed by atoms with van der Waals surface area (Å²) in [5.74, 6) is 0.615. The molecule has 2 heterocycles. The van der Waals surface area contributed by atoms with E-state index in [2.05, 4.69) is 15.5 Å². The zero-order valence-electron chi connectivity index (χ0n) is 12.4. The summed E-state index contributed by atoms with van der Waals surface area (Å²) in [6, 6.07) is 8.53. The molecule has 0 saturated carbocycles. The molecule has 1 unspecified atom stereocenters. The molecule has 1 atom stereocenters. The fourth-order valence-electron chi connectivity index (χ4n) is 2.79. The molecule has 2 aromatic heterocycles. The number of nitrogens with two attached hydrogens (primary N) is 1. The van der Waals surface area contributed by atoms with E-state index in [0.717, 1.165) is 33.7 Å². The summed E-state index contributed by atoms with van der Waals surface area (Å²) in [5, 5.41) is 0. The molecule has 0 aliphatic carbocycles. The number of rotatable bonds is 2. The van der Waals surface area contributed by atoms with Crippen LogP contribution in [0.15, 0.2) is 36.5 Å². The van der Waals surface area contributed by atoms with Gasteiger partial charge in [0.05, 0.1) is 17.4 Å². The van der Waals surface area contributed by atoms with Crippen molar-refractivity contribution >= 4 is 5.52 Å². The van der Waals surface area contributed by atoms with Crippen LogP contribution >= 0.6 is 0 Å². The highest BCUT2D eigenvalue weighted by Crippen LogP contribution is 2.31. The molecule has 3 nitrogen and oxygen atoms in total. The zero-order chi connectivity index (χ0) is 15.1. The van der Waals surface area contributed by atoms with Gasteiger partial charge in [0.1, 0.15) is 11.6 Å². The Labute approximate surface area is 123 Å². The average molecular weight is 283 g/mol. The lowest BCUT2D eigenvalue weighted by Crippen LogP contribution is -2.11. The first-order valence-electron chi connectivity index (χ1n) is 6.98. The van der Waals surface area contributed by atoms with Gasteiger partial charge in [-0.3, -0.25) is 4.40 Å². The van der Waals surface area contributed by atoms with Gasteiger partial charge < -0.3 is 5.73 Å². The third-order valence-electron chi connectivity index (χ3n) is 3.80. The number of fused-ring (bicyclic) bond motifs is 1. The Morgan fingerprint density at radius 1 is 1.24 bits per heavy atom. The summed E-state index contributed by atoms with van der Waals surface area (Å²) < 4.78 is 15.7. The molecule has 0 aliphatic rings. The van der Waals surface area contributed by atoms with Crippen molar-refractivity contribution in [2.45, 2.75) is 26.8 Å². The number of imidazole rings is 1. The smallest absolute Gasteiger partial charge is 0.123 e. The largest absolute Gasteiger partial charge is 0.324 e. The zero-order valence-corrected chi connectivity index (χ0v) is 12.4. The second-order valence-electron chi connectivity index (χ2n) is 5.46. The van der Waals surface area contributed by atoms with Crippen molar-refractivity contribution < 1.29 is 4.39 Å². The first-order valence-corrected chi connectivity index (χ1v) is 6.98. The Hall–Kier alpha value is -2.20. The molecule has 0 saturated heterocycles. The standard InChI is InChI=1S/C17H18FN3/c1-10-7-15(11(2)19)17(13-5-4-6-14(18)8-13)21-12(3)20-9-16(10)21/h4-9,11H,19H2,1-3H3. The van der Waals surface area contributed by atoms with E-state index in [1.807, 2.05) is 33.0 Å². The molecule has 4 heteroatoms. The molecular weight excluding hydrogens is 265 g/mol. The van der Waals surface area contributed by atoms with Gasteiger partial charge in [0.25, 0.3) is 0 Å². The van der Waals surface area contributed by atoms with Crippen LogP contribution in [0.25, 0.3) is 16.8 Å². The molecule has 0 aliphatic heterocycles. The number of hydrogen-bond donors (Lipinski definition) is 1. The molecule has 108 valence electrons. The van der Waals surface area contributed by atoms with E-state index < -0.39 is 0 Å². The molecule has 0 spiro atoms. The summed E-state index contributed by atoms with van der Waals surface area (Å²) in [5.41, 5.74) is 11.0. The predicted molar refractivity (Wildman–Crippen MR) is 82.7 cm³/mol.